The first-order valence-corrected chi connectivity index (χ1v) is 9.28. The van der Waals surface area contributed by atoms with Gasteiger partial charge in [-0.3, -0.25) is 0 Å². The van der Waals surface area contributed by atoms with Gasteiger partial charge in [0.25, 0.3) is 0 Å². The van der Waals surface area contributed by atoms with E-state index < -0.39 is 18.9 Å². The molecular formula is C7H16O2S3. The van der Waals surface area contributed by atoms with E-state index in [0.717, 1.165) is 19.3 Å². The van der Waals surface area contributed by atoms with Crippen molar-refractivity contribution < 1.29 is 8.42 Å². The highest BCUT2D eigenvalue weighted by atomic mass is 33.1. The van der Waals surface area contributed by atoms with Crippen LogP contribution >= 0.6 is 20.7 Å². The van der Waals surface area contributed by atoms with Gasteiger partial charge in [-0.1, -0.05) is 6.42 Å². The molecule has 1 saturated heterocycles. The first-order valence-electron chi connectivity index (χ1n) is 4.00. The Balaban J connectivity index is 2.89. The van der Waals surface area contributed by atoms with Crippen molar-refractivity contribution >= 4 is 30.6 Å². The molecule has 1 rings (SSSR count). The van der Waals surface area contributed by atoms with Gasteiger partial charge in [0.05, 0.1) is 10.3 Å². The maximum absolute atomic E-state index is 11.6. The van der Waals surface area contributed by atoms with E-state index in [1.807, 2.05) is 12.5 Å². The van der Waals surface area contributed by atoms with Gasteiger partial charge in [0.15, 0.2) is 9.84 Å². The Morgan fingerprint density at radius 2 is 1.92 bits per heavy atom. The molecule has 1 unspecified atom stereocenters. The average molecular weight is 228 g/mol. The third-order valence-electron chi connectivity index (χ3n) is 2.16. The highest BCUT2D eigenvalue weighted by molar-refractivity contribution is 8.89. The summed E-state index contributed by atoms with van der Waals surface area (Å²) in [5, 5.41) is 0. The smallest absolute Gasteiger partial charge is 0.161 e. The molecule has 1 aliphatic rings. The molecule has 0 aromatic carbocycles. The Labute approximate surface area is 81.2 Å². The van der Waals surface area contributed by atoms with E-state index in [1.165, 1.54) is 0 Å². The summed E-state index contributed by atoms with van der Waals surface area (Å²) < 4.78 is 23.0. The van der Waals surface area contributed by atoms with Crippen LogP contribution in [0.15, 0.2) is 0 Å². The molecule has 2 nitrogen and oxygen atoms in total. The Kier molecular flexibility index (Phi) is 3.06. The van der Waals surface area contributed by atoms with Gasteiger partial charge in [-0.2, -0.15) is 9.06 Å². The van der Waals surface area contributed by atoms with Crippen LogP contribution in [-0.4, -0.2) is 31.3 Å². The molecule has 0 aromatic heterocycles. The van der Waals surface area contributed by atoms with Gasteiger partial charge in [0.2, 0.25) is 0 Å². The molecule has 0 saturated carbocycles. The lowest BCUT2D eigenvalue weighted by atomic mass is 10.3. The molecule has 74 valence electrons. The molecule has 0 aromatic rings. The van der Waals surface area contributed by atoms with Crippen LogP contribution in [0.1, 0.15) is 19.3 Å². The summed E-state index contributed by atoms with van der Waals surface area (Å²) in [6.07, 6.45) is 6.62. The second-order valence-electron chi connectivity index (χ2n) is 3.64. The highest BCUT2D eigenvalue weighted by Gasteiger charge is 2.35. The molecule has 0 radical (unpaired) electrons. The van der Waals surface area contributed by atoms with E-state index in [4.69, 9.17) is 0 Å². The first kappa shape index (κ1) is 10.7. The van der Waals surface area contributed by atoms with Crippen LogP contribution < -0.4 is 0 Å². The van der Waals surface area contributed by atoms with Gasteiger partial charge in [-0.15, -0.1) is 11.7 Å². The zero-order valence-corrected chi connectivity index (χ0v) is 10.0. The quantitative estimate of drug-likeness (QED) is 0.549. The summed E-state index contributed by atoms with van der Waals surface area (Å²) >= 11 is 4.42. The standard InChI is InChI=1S/C7H16O2S3/c1-11(2,10)7-5-3-4-6-12(7,8)9/h7,10H,3-6H2,1-2H3. The van der Waals surface area contributed by atoms with E-state index >= 15 is 0 Å². The number of thiol groups is 1. The molecule has 0 bridgehead atoms. The van der Waals surface area contributed by atoms with Crippen molar-refractivity contribution in [3.8, 4) is 0 Å². The molecule has 1 fully saturated rings. The second-order valence-corrected chi connectivity index (χ2v) is 12.3. The predicted molar refractivity (Wildman–Crippen MR) is 59.9 cm³/mol. The van der Waals surface area contributed by atoms with Gasteiger partial charge >= 0.3 is 0 Å². The van der Waals surface area contributed by atoms with Crippen molar-refractivity contribution in [1.29, 1.82) is 0 Å². The normalized spacial score (nSPS) is 31.4. The highest BCUT2D eigenvalue weighted by Crippen LogP contribution is 2.54. The Hall–Kier alpha value is 0.650. The molecule has 0 spiro atoms. The maximum Gasteiger partial charge on any atom is 0.161 e. The maximum atomic E-state index is 11.6. The topological polar surface area (TPSA) is 34.1 Å². The van der Waals surface area contributed by atoms with Gasteiger partial charge in [-0.25, -0.2) is 8.42 Å². The lowest BCUT2D eigenvalue weighted by Gasteiger charge is -2.36. The van der Waals surface area contributed by atoms with Crippen molar-refractivity contribution in [1.82, 2.24) is 0 Å². The van der Waals surface area contributed by atoms with Crippen LogP contribution in [0.25, 0.3) is 0 Å². The molecule has 5 heteroatoms. The van der Waals surface area contributed by atoms with E-state index in [1.54, 1.807) is 0 Å². The van der Waals surface area contributed by atoms with E-state index in [-0.39, 0.29) is 4.58 Å². The molecular weight excluding hydrogens is 212 g/mol. The largest absolute Gasteiger partial charge is 0.228 e. The van der Waals surface area contributed by atoms with Crippen molar-refractivity contribution in [2.75, 3.05) is 18.3 Å². The van der Waals surface area contributed by atoms with Gasteiger partial charge in [0, 0.05) is 0 Å². The number of hydrogen-bond donors (Lipinski definition) is 1. The third kappa shape index (κ3) is 2.33. The zero-order valence-electron chi connectivity index (χ0n) is 7.49. The molecule has 0 N–H and O–H groups in total. The Morgan fingerprint density at radius 1 is 1.33 bits per heavy atom. The minimum atomic E-state index is -2.82. The van der Waals surface area contributed by atoms with Crippen LogP contribution in [-0.2, 0) is 9.84 Å². The lowest BCUT2D eigenvalue weighted by molar-refractivity contribution is 0.568. The fourth-order valence-electron chi connectivity index (χ4n) is 1.57. The zero-order chi connectivity index (χ0) is 9.41. The molecule has 12 heavy (non-hydrogen) atoms. The summed E-state index contributed by atoms with van der Waals surface area (Å²) in [7, 11) is -4.05. The Bertz CT molecular complexity index is 250. The summed E-state index contributed by atoms with van der Waals surface area (Å²) in [5.41, 5.74) is 0. The van der Waals surface area contributed by atoms with E-state index in [2.05, 4.69) is 11.7 Å². The van der Waals surface area contributed by atoms with Gasteiger partial charge < -0.3 is 0 Å². The third-order valence-corrected chi connectivity index (χ3v) is 9.09. The van der Waals surface area contributed by atoms with Crippen molar-refractivity contribution in [2.24, 2.45) is 0 Å². The molecule has 1 atom stereocenters. The van der Waals surface area contributed by atoms with Crippen LogP contribution in [0.4, 0.5) is 0 Å². The fraction of sp³-hybridized carbons (Fsp3) is 1.00. The number of rotatable bonds is 1. The monoisotopic (exact) mass is 228 g/mol. The van der Waals surface area contributed by atoms with Crippen molar-refractivity contribution in [2.45, 2.75) is 23.8 Å². The van der Waals surface area contributed by atoms with Gasteiger partial charge in [0.1, 0.15) is 0 Å². The summed E-state index contributed by atoms with van der Waals surface area (Å²) in [4.78, 5) is 0. The van der Waals surface area contributed by atoms with Crippen molar-refractivity contribution in [3.05, 3.63) is 0 Å². The van der Waals surface area contributed by atoms with Crippen LogP contribution in [0, 0.1) is 0 Å². The number of sulfone groups is 1. The summed E-state index contributed by atoms with van der Waals surface area (Å²) in [6.45, 7) is 0. The van der Waals surface area contributed by atoms with Crippen LogP contribution in [0.2, 0.25) is 0 Å². The average Bonchev–Trinajstić information content (AvgIpc) is 1.83. The molecule has 1 aliphatic heterocycles. The second kappa shape index (κ2) is 3.42. The van der Waals surface area contributed by atoms with Crippen LogP contribution in [0.5, 0.6) is 0 Å². The molecule has 0 amide bonds. The molecule has 0 aliphatic carbocycles. The van der Waals surface area contributed by atoms with E-state index in [9.17, 15) is 8.42 Å². The number of hydrogen-bond acceptors (Lipinski definition) is 3. The Morgan fingerprint density at radius 3 is 2.25 bits per heavy atom. The summed E-state index contributed by atoms with van der Waals surface area (Å²) in [5.74, 6) is 0.370. The SMILES string of the molecule is CS(C)(S)C1CCCCS1(=O)=O. The van der Waals surface area contributed by atoms with Gasteiger partial charge in [-0.05, 0) is 25.4 Å². The summed E-state index contributed by atoms with van der Waals surface area (Å²) in [6, 6.07) is 0. The minimum absolute atomic E-state index is 0.165. The fourth-order valence-corrected chi connectivity index (χ4v) is 8.37. The minimum Gasteiger partial charge on any atom is -0.228 e. The lowest BCUT2D eigenvalue weighted by Crippen LogP contribution is -2.30. The molecule has 1 heterocycles. The predicted octanol–water partition coefficient (Wildman–Crippen LogP) is 1.82. The van der Waals surface area contributed by atoms with E-state index in [0.29, 0.717) is 5.75 Å². The van der Waals surface area contributed by atoms with Crippen molar-refractivity contribution in [3.63, 3.8) is 0 Å². The van der Waals surface area contributed by atoms with Crippen LogP contribution in [0.3, 0.4) is 0 Å². The first-order chi connectivity index (χ1) is 5.34.